The lowest BCUT2D eigenvalue weighted by Crippen LogP contribution is -2.51. The van der Waals surface area contributed by atoms with Crippen LogP contribution in [0.4, 0.5) is 0 Å². The molecule has 4 nitrogen and oxygen atoms in total. The molecule has 0 amide bonds. The lowest BCUT2D eigenvalue weighted by atomic mass is 9.91. The van der Waals surface area contributed by atoms with Gasteiger partial charge in [0.15, 0.2) is 0 Å². The summed E-state index contributed by atoms with van der Waals surface area (Å²) < 4.78 is 5.49. The summed E-state index contributed by atoms with van der Waals surface area (Å²) in [6.07, 6.45) is 4.20. The van der Waals surface area contributed by atoms with Crippen molar-refractivity contribution in [2.75, 3.05) is 33.3 Å². The largest absolute Gasteiger partial charge is 0.508 e. The van der Waals surface area contributed by atoms with Crippen LogP contribution < -0.4 is 4.74 Å². The molecule has 0 unspecified atom stereocenters. The second kappa shape index (κ2) is 6.24. The van der Waals surface area contributed by atoms with E-state index in [0.29, 0.717) is 5.75 Å². The van der Waals surface area contributed by atoms with Gasteiger partial charge in [-0.05, 0) is 25.8 Å². The Bertz CT molecular complexity index is 492. The average Bonchev–Trinajstić information content (AvgIpc) is 2.43. The third-order valence-electron chi connectivity index (χ3n) is 5.05. The molecule has 0 atom stereocenters. The Morgan fingerprint density at radius 3 is 2.48 bits per heavy atom. The molecule has 1 N–H and O–H groups in total. The highest BCUT2D eigenvalue weighted by Crippen LogP contribution is 2.32. The molecule has 1 aliphatic carbocycles. The van der Waals surface area contributed by atoms with Gasteiger partial charge >= 0.3 is 0 Å². The number of methoxy groups -OCH3 is 1. The van der Waals surface area contributed by atoms with Gasteiger partial charge in [0, 0.05) is 49.9 Å². The lowest BCUT2D eigenvalue weighted by Gasteiger charge is -2.43. The smallest absolute Gasteiger partial charge is 0.129 e. The average molecular weight is 290 g/mol. The Morgan fingerprint density at radius 2 is 1.90 bits per heavy atom. The van der Waals surface area contributed by atoms with Crippen molar-refractivity contribution in [3.63, 3.8) is 0 Å². The molecule has 21 heavy (non-hydrogen) atoms. The highest BCUT2D eigenvalue weighted by atomic mass is 16.5. The SMILES string of the molecule is COc1c(CN2CCN(C3CCC3)CC2)ccc(O)c1C. The number of aromatic hydroxyl groups is 1. The molecule has 0 aromatic heterocycles. The molecule has 1 heterocycles. The fraction of sp³-hybridized carbons (Fsp3) is 0.647. The van der Waals surface area contributed by atoms with Crippen LogP contribution in [0.5, 0.6) is 11.5 Å². The minimum Gasteiger partial charge on any atom is -0.508 e. The molecule has 1 aromatic rings. The summed E-state index contributed by atoms with van der Waals surface area (Å²) in [7, 11) is 1.68. The van der Waals surface area contributed by atoms with Gasteiger partial charge in [-0.25, -0.2) is 0 Å². The minimum atomic E-state index is 0.311. The number of hydrogen-bond acceptors (Lipinski definition) is 4. The molecule has 4 heteroatoms. The van der Waals surface area contributed by atoms with Crippen LogP contribution in [0.15, 0.2) is 12.1 Å². The summed E-state index contributed by atoms with van der Waals surface area (Å²) in [5, 5.41) is 9.79. The van der Waals surface area contributed by atoms with E-state index in [0.717, 1.165) is 37.0 Å². The molecule has 0 bridgehead atoms. The molecule has 0 spiro atoms. The van der Waals surface area contributed by atoms with Crippen molar-refractivity contribution in [3.8, 4) is 11.5 Å². The van der Waals surface area contributed by atoms with E-state index < -0.39 is 0 Å². The lowest BCUT2D eigenvalue weighted by molar-refractivity contribution is 0.0584. The van der Waals surface area contributed by atoms with Crippen LogP contribution in [-0.4, -0.2) is 54.2 Å². The molecule has 1 aliphatic heterocycles. The maximum Gasteiger partial charge on any atom is 0.129 e. The van der Waals surface area contributed by atoms with Crippen molar-refractivity contribution in [3.05, 3.63) is 23.3 Å². The van der Waals surface area contributed by atoms with Crippen molar-refractivity contribution < 1.29 is 9.84 Å². The van der Waals surface area contributed by atoms with Crippen molar-refractivity contribution in [1.82, 2.24) is 9.80 Å². The number of nitrogens with zero attached hydrogens (tertiary/aromatic N) is 2. The first-order valence-corrected chi connectivity index (χ1v) is 8.01. The van der Waals surface area contributed by atoms with Crippen LogP contribution in [0, 0.1) is 6.92 Å². The standard InChI is InChI=1S/C17H26N2O2/c1-13-16(20)7-6-14(17(13)21-2)12-18-8-10-19(11-9-18)15-4-3-5-15/h6-7,15,20H,3-5,8-12H2,1-2H3. The van der Waals surface area contributed by atoms with Gasteiger partial charge in [-0.15, -0.1) is 0 Å². The fourth-order valence-corrected chi connectivity index (χ4v) is 3.43. The van der Waals surface area contributed by atoms with Crippen LogP contribution in [0.2, 0.25) is 0 Å². The maximum atomic E-state index is 9.79. The molecular weight excluding hydrogens is 264 g/mol. The number of rotatable bonds is 4. The first kappa shape index (κ1) is 14.7. The van der Waals surface area contributed by atoms with Gasteiger partial charge in [0.05, 0.1) is 7.11 Å². The van der Waals surface area contributed by atoms with Gasteiger partial charge in [0.25, 0.3) is 0 Å². The number of hydrogen-bond donors (Lipinski definition) is 1. The van der Waals surface area contributed by atoms with Crippen LogP contribution in [-0.2, 0) is 6.54 Å². The van der Waals surface area contributed by atoms with Crippen molar-refractivity contribution in [2.24, 2.45) is 0 Å². The first-order chi connectivity index (χ1) is 10.2. The first-order valence-electron chi connectivity index (χ1n) is 8.01. The Morgan fingerprint density at radius 1 is 1.19 bits per heavy atom. The number of phenols is 1. The van der Waals surface area contributed by atoms with Crippen molar-refractivity contribution in [1.29, 1.82) is 0 Å². The van der Waals surface area contributed by atoms with E-state index >= 15 is 0 Å². The quantitative estimate of drug-likeness (QED) is 0.923. The highest BCUT2D eigenvalue weighted by molar-refractivity contribution is 5.48. The topological polar surface area (TPSA) is 35.9 Å². The van der Waals surface area contributed by atoms with E-state index in [4.69, 9.17) is 4.74 Å². The molecule has 3 rings (SSSR count). The van der Waals surface area contributed by atoms with Crippen LogP contribution in [0.1, 0.15) is 30.4 Å². The number of piperazine rings is 1. The van der Waals surface area contributed by atoms with E-state index in [9.17, 15) is 5.11 Å². The highest BCUT2D eigenvalue weighted by Gasteiger charge is 2.28. The van der Waals surface area contributed by atoms with E-state index in [2.05, 4.69) is 9.80 Å². The summed E-state index contributed by atoms with van der Waals surface area (Å²) in [4.78, 5) is 5.14. The van der Waals surface area contributed by atoms with Crippen LogP contribution >= 0.6 is 0 Å². The second-order valence-corrected chi connectivity index (χ2v) is 6.30. The van der Waals surface area contributed by atoms with E-state index in [-0.39, 0.29) is 0 Å². The molecule has 0 radical (unpaired) electrons. The summed E-state index contributed by atoms with van der Waals surface area (Å²) in [6.45, 7) is 7.43. The van der Waals surface area contributed by atoms with Gasteiger partial charge in [-0.3, -0.25) is 9.80 Å². The van der Waals surface area contributed by atoms with Crippen LogP contribution in [0.25, 0.3) is 0 Å². The zero-order valence-corrected chi connectivity index (χ0v) is 13.1. The summed E-state index contributed by atoms with van der Waals surface area (Å²) in [5.41, 5.74) is 2.01. The van der Waals surface area contributed by atoms with Crippen molar-refractivity contribution >= 4 is 0 Å². The van der Waals surface area contributed by atoms with Crippen molar-refractivity contribution in [2.45, 2.75) is 38.8 Å². The van der Waals surface area contributed by atoms with E-state index in [1.54, 1.807) is 13.2 Å². The van der Waals surface area contributed by atoms with Gasteiger partial charge in [-0.2, -0.15) is 0 Å². The predicted octanol–water partition coefficient (Wildman–Crippen LogP) is 2.38. The normalized spacial score (nSPS) is 21.2. The van der Waals surface area contributed by atoms with Gasteiger partial charge in [0.2, 0.25) is 0 Å². The summed E-state index contributed by atoms with van der Waals surface area (Å²) >= 11 is 0. The van der Waals surface area contributed by atoms with E-state index in [1.165, 1.54) is 37.9 Å². The number of phenolic OH excluding ortho intramolecular Hbond substituents is 1. The van der Waals surface area contributed by atoms with Crippen LogP contribution in [0.3, 0.4) is 0 Å². The Kier molecular flexibility index (Phi) is 4.36. The Hall–Kier alpha value is -1.26. The van der Waals surface area contributed by atoms with Gasteiger partial charge in [-0.1, -0.05) is 12.5 Å². The number of ether oxygens (including phenoxy) is 1. The molecule has 1 aromatic carbocycles. The molecule has 2 fully saturated rings. The minimum absolute atomic E-state index is 0.311. The predicted molar refractivity (Wildman–Crippen MR) is 83.9 cm³/mol. The maximum absolute atomic E-state index is 9.79. The molecule has 2 aliphatic rings. The zero-order valence-electron chi connectivity index (χ0n) is 13.1. The third-order valence-corrected chi connectivity index (χ3v) is 5.05. The van der Waals surface area contributed by atoms with E-state index in [1.807, 2.05) is 13.0 Å². The van der Waals surface area contributed by atoms with Gasteiger partial charge < -0.3 is 9.84 Å². The van der Waals surface area contributed by atoms with Gasteiger partial charge in [0.1, 0.15) is 11.5 Å². The summed E-state index contributed by atoms with van der Waals surface area (Å²) in [5.74, 6) is 1.14. The molecule has 116 valence electrons. The second-order valence-electron chi connectivity index (χ2n) is 6.30. The monoisotopic (exact) mass is 290 g/mol. The number of benzene rings is 1. The fourth-order valence-electron chi connectivity index (χ4n) is 3.43. The zero-order chi connectivity index (χ0) is 14.8. The third kappa shape index (κ3) is 3.01. The Labute approximate surface area is 127 Å². The molecule has 1 saturated carbocycles. The molecule has 1 saturated heterocycles. The molecular formula is C17H26N2O2. The Balaban J connectivity index is 1.61. The summed E-state index contributed by atoms with van der Waals surface area (Å²) in [6, 6.07) is 4.62.